The maximum atomic E-state index is 12.4. The number of hydrogen-bond donors (Lipinski definition) is 0. The van der Waals surface area contributed by atoms with Gasteiger partial charge in [0.15, 0.2) is 5.78 Å². The van der Waals surface area contributed by atoms with E-state index in [4.69, 9.17) is 9.47 Å². The molecular formula is C23H32IN3O3. The van der Waals surface area contributed by atoms with Crippen LogP contribution in [-0.2, 0) is 11.3 Å². The van der Waals surface area contributed by atoms with Gasteiger partial charge in [0.2, 0.25) is 0 Å². The van der Waals surface area contributed by atoms with Crippen LogP contribution in [0.5, 0.6) is 5.75 Å². The minimum Gasteiger partial charge on any atom is -0.495 e. The van der Waals surface area contributed by atoms with E-state index in [1.54, 1.807) is 7.11 Å². The summed E-state index contributed by atoms with van der Waals surface area (Å²) in [6, 6.07) is 5.97. The molecule has 7 heteroatoms. The molecule has 0 radical (unpaired) electrons. The second kappa shape index (κ2) is 10.4. The van der Waals surface area contributed by atoms with Crippen molar-refractivity contribution in [2.45, 2.75) is 31.9 Å². The molecule has 1 atom stereocenters. The van der Waals surface area contributed by atoms with E-state index >= 15 is 0 Å². The van der Waals surface area contributed by atoms with Gasteiger partial charge in [-0.3, -0.25) is 9.69 Å². The summed E-state index contributed by atoms with van der Waals surface area (Å²) in [5, 5.41) is 0.999. The van der Waals surface area contributed by atoms with Crippen LogP contribution in [0.1, 0.15) is 29.6 Å². The van der Waals surface area contributed by atoms with Crippen LogP contribution in [0, 0.1) is 0 Å². The number of aryl methyl sites for hydroxylation is 1. The Bertz CT molecular complexity index is 855. The van der Waals surface area contributed by atoms with Gasteiger partial charge in [0.05, 0.1) is 23.2 Å². The summed E-state index contributed by atoms with van der Waals surface area (Å²) in [6.07, 6.45) is 5.97. The van der Waals surface area contributed by atoms with Crippen LogP contribution in [0.4, 0.5) is 0 Å². The number of carbonyl (C=O) groups excluding carboxylic acids is 1. The number of para-hydroxylation sites is 1. The van der Waals surface area contributed by atoms with Crippen molar-refractivity contribution >= 4 is 39.3 Å². The first-order chi connectivity index (χ1) is 14.7. The maximum Gasteiger partial charge on any atom is 0.174 e. The molecule has 2 fully saturated rings. The molecule has 4 rings (SSSR count). The van der Waals surface area contributed by atoms with E-state index in [1.807, 2.05) is 24.4 Å². The van der Waals surface area contributed by atoms with E-state index in [0.717, 1.165) is 81.1 Å². The minimum absolute atomic E-state index is 0.176. The molecule has 164 valence electrons. The molecule has 0 aliphatic carbocycles. The fourth-order valence-electron chi connectivity index (χ4n) is 4.70. The number of ether oxygens (including phenoxy) is 2. The van der Waals surface area contributed by atoms with E-state index in [0.29, 0.717) is 10.5 Å². The number of alkyl halides is 1. The summed E-state index contributed by atoms with van der Waals surface area (Å²) < 4.78 is 14.1. The van der Waals surface area contributed by atoms with Crippen molar-refractivity contribution in [3.8, 4) is 5.75 Å². The fourth-order valence-corrected chi connectivity index (χ4v) is 5.11. The smallest absolute Gasteiger partial charge is 0.174 e. The Morgan fingerprint density at radius 1 is 1.20 bits per heavy atom. The number of halogens is 1. The molecular weight excluding hydrogens is 493 g/mol. The third kappa shape index (κ3) is 5.00. The van der Waals surface area contributed by atoms with Crippen LogP contribution in [0.2, 0.25) is 0 Å². The van der Waals surface area contributed by atoms with Crippen LogP contribution in [0.15, 0.2) is 24.4 Å². The van der Waals surface area contributed by atoms with Crippen LogP contribution < -0.4 is 4.74 Å². The summed E-state index contributed by atoms with van der Waals surface area (Å²) in [6.45, 7) is 8.52. The normalized spacial score (nSPS) is 20.8. The van der Waals surface area contributed by atoms with Crippen molar-refractivity contribution in [2.24, 2.45) is 0 Å². The van der Waals surface area contributed by atoms with Gasteiger partial charge >= 0.3 is 0 Å². The van der Waals surface area contributed by atoms with Crippen LogP contribution >= 0.6 is 22.6 Å². The number of hydrogen-bond acceptors (Lipinski definition) is 5. The second-order valence-corrected chi connectivity index (χ2v) is 9.04. The molecule has 2 aromatic rings. The first kappa shape index (κ1) is 22.0. The third-order valence-electron chi connectivity index (χ3n) is 6.33. The number of aromatic nitrogens is 1. The highest BCUT2D eigenvalue weighted by molar-refractivity contribution is 14.1. The number of piperazine rings is 1. The van der Waals surface area contributed by atoms with Crippen molar-refractivity contribution in [3.05, 3.63) is 30.0 Å². The van der Waals surface area contributed by atoms with Gasteiger partial charge in [-0.2, -0.15) is 0 Å². The Balaban J connectivity index is 1.33. The van der Waals surface area contributed by atoms with Gasteiger partial charge in [-0.25, -0.2) is 0 Å². The van der Waals surface area contributed by atoms with Gasteiger partial charge in [0, 0.05) is 63.0 Å². The lowest BCUT2D eigenvalue weighted by molar-refractivity contribution is 0.0501. The quantitative estimate of drug-likeness (QED) is 0.285. The van der Waals surface area contributed by atoms with Crippen LogP contribution in [0.3, 0.4) is 0 Å². The number of ketones is 1. The predicted octanol–water partition coefficient (Wildman–Crippen LogP) is 3.45. The third-order valence-corrected chi connectivity index (χ3v) is 7.02. The highest BCUT2D eigenvalue weighted by Gasteiger charge is 2.23. The Hall–Kier alpha value is -1.16. The highest BCUT2D eigenvalue weighted by atomic mass is 127. The Morgan fingerprint density at radius 3 is 2.70 bits per heavy atom. The largest absolute Gasteiger partial charge is 0.495 e. The zero-order valence-electron chi connectivity index (χ0n) is 17.8. The highest BCUT2D eigenvalue weighted by Crippen LogP contribution is 2.30. The average molecular weight is 525 g/mol. The monoisotopic (exact) mass is 525 g/mol. The van der Waals surface area contributed by atoms with Crippen LogP contribution in [0.25, 0.3) is 10.9 Å². The van der Waals surface area contributed by atoms with Gasteiger partial charge in [-0.15, -0.1) is 0 Å². The molecule has 0 spiro atoms. The van der Waals surface area contributed by atoms with Crippen molar-refractivity contribution in [1.82, 2.24) is 14.4 Å². The molecule has 0 bridgehead atoms. The number of benzene rings is 1. The molecule has 0 saturated carbocycles. The topological polar surface area (TPSA) is 46.9 Å². The van der Waals surface area contributed by atoms with Gasteiger partial charge in [-0.1, -0.05) is 34.7 Å². The summed E-state index contributed by atoms with van der Waals surface area (Å²) in [5.74, 6) is 1.01. The van der Waals surface area contributed by atoms with E-state index in [-0.39, 0.29) is 5.78 Å². The molecule has 30 heavy (non-hydrogen) atoms. The lowest BCUT2D eigenvalue weighted by Gasteiger charge is -2.35. The van der Waals surface area contributed by atoms with Crippen molar-refractivity contribution in [1.29, 1.82) is 0 Å². The fraction of sp³-hybridized carbons (Fsp3) is 0.609. The Labute approximate surface area is 192 Å². The molecule has 1 aromatic heterocycles. The maximum absolute atomic E-state index is 12.4. The summed E-state index contributed by atoms with van der Waals surface area (Å²) >= 11 is 2.14. The molecule has 0 N–H and O–H groups in total. The number of nitrogens with zero attached hydrogens (tertiary/aromatic N) is 3. The molecule has 6 nitrogen and oxygen atoms in total. The van der Waals surface area contributed by atoms with Crippen molar-refractivity contribution in [3.63, 3.8) is 0 Å². The molecule has 0 amide bonds. The van der Waals surface area contributed by atoms with E-state index in [1.165, 1.54) is 12.8 Å². The SMILES string of the molecule is COc1cccc2c(C(=O)CI)cn(CCCN3CCN(CC4CCCO4)CC3)c12. The number of Topliss-reactive ketones (excluding diaryl/α,β-unsaturated/α-hetero) is 1. The number of carbonyl (C=O) groups is 1. The van der Waals surface area contributed by atoms with Gasteiger partial charge in [-0.05, 0) is 31.9 Å². The molecule has 2 aliphatic rings. The second-order valence-electron chi connectivity index (χ2n) is 8.28. The molecule has 1 unspecified atom stereocenters. The minimum atomic E-state index is 0.176. The molecule has 1 aromatic carbocycles. The molecule has 2 saturated heterocycles. The first-order valence-corrected chi connectivity index (χ1v) is 12.5. The summed E-state index contributed by atoms with van der Waals surface area (Å²) in [7, 11) is 1.70. The van der Waals surface area contributed by atoms with Crippen molar-refractivity contribution in [2.75, 3.05) is 57.4 Å². The molecule has 3 heterocycles. The number of fused-ring (bicyclic) bond motifs is 1. The average Bonchev–Trinajstić information content (AvgIpc) is 3.42. The van der Waals surface area contributed by atoms with Crippen LogP contribution in [-0.4, -0.2) is 83.7 Å². The number of methoxy groups -OCH3 is 1. The summed E-state index contributed by atoms with van der Waals surface area (Å²) in [4.78, 5) is 17.5. The Kier molecular flexibility index (Phi) is 7.67. The zero-order chi connectivity index (χ0) is 20.9. The van der Waals surface area contributed by atoms with E-state index in [9.17, 15) is 4.79 Å². The zero-order valence-corrected chi connectivity index (χ0v) is 20.0. The van der Waals surface area contributed by atoms with E-state index in [2.05, 4.69) is 37.0 Å². The number of rotatable bonds is 9. The van der Waals surface area contributed by atoms with Crippen molar-refractivity contribution < 1.29 is 14.3 Å². The standard InChI is InChI=1S/C23H32IN3O3/c1-29-22-7-2-6-19-20(21(28)15-24)17-27(23(19)22)9-4-8-25-10-12-26(13-11-25)16-18-5-3-14-30-18/h2,6-7,17-18H,3-5,8-16H2,1H3. The predicted molar refractivity (Wildman–Crippen MR) is 128 cm³/mol. The Morgan fingerprint density at radius 2 is 2.00 bits per heavy atom. The van der Waals surface area contributed by atoms with Gasteiger partial charge < -0.3 is 18.9 Å². The van der Waals surface area contributed by atoms with Gasteiger partial charge in [0.25, 0.3) is 0 Å². The first-order valence-electron chi connectivity index (χ1n) is 11.0. The molecule has 2 aliphatic heterocycles. The lowest BCUT2D eigenvalue weighted by Crippen LogP contribution is -2.48. The summed E-state index contributed by atoms with van der Waals surface area (Å²) in [5.41, 5.74) is 1.84. The lowest BCUT2D eigenvalue weighted by atomic mass is 10.1. The van der Waals surface area contributed by atoms with E-state index < -0.39 is 0 Å². The van der Waals surface area contributed by atoms with Gasteiger partial charge in [0.1, 0.15) is 5.75 Å².